The number of methoxy groups -OCH3 is 1. The number of carbonyl (C=O) groups is 2. The number of aromatic nitrogens is 2. The number of aryl methyl sites for hydroxylation is 1. The molecule has 11 heteroatoms. The summed E-state index contributed by atoms with van der Waals surface area (Å²) in [5.74, 6) is -0.259. The molecule has 1 aliphatic carbocycles. The van der Waals surface area contributed by atoms with E-state index in [1.54, 1.807) is 30.5 Å². The molecule has 0 radical (unpaired) electrons. The van der Waals surface area contributed by atoms with E-state index in [9.17, 15) is 9.59 Å². The number of imidazole rings is 1. The smallest absolute Gasteiger partial charge is 0.410 e. The van der Waals surface area contributed by atoms with Gasteiger partial charge in [0.05, 0.1) is 42.4 Å². The zero-order valence-electron chi connectivity index (χ0n) is 25.0. The van der Waals surface area contributed by atoms with E-state index in [2.05, 4.69) is 33.7 Å². The summed E-state index contributed by atoms with van der Waals surface area (Å²) in [4.78, 5) is 34.2. The Bertz CT molecular complexity index is 1350. The molecule has 1 aliphatic heterocycles. The first-order chi connectivity index (χ1) is 20.0. The van der Waals surface area contributed by atoms with Crippen LogP contribution in [0, 0.1) is 0 Å². The van der Waals surface area contributed by atoms with Crippen molar-refractivity contribution in [2.45, 2.75) is 51.1 Å². The maximum atomic E-state index is 13.2. The van der Waals surface area contributed by atoms with Crippen LogP contribution in [0.15, 0.2) is 61.7 Å². The Morgan fingerprint density at radius 2 is 1.90 bits per heavy atom. The van der Waals surface area contributed by atoms with Crippen LogP contribution in [0.3, 0.4) is 0 Å². The van der Waals surface area contributed by atoms with Gasteiger partial charge in [-0.1, -0.05) is 36.9 Å². The summed E-state index contributed by atoms with van der Waals surface area (Å²) >= 11 is 6.62. The van der Waals surface area contributed by atoms with Crippen molar-refractivity contribution in [1.82, 2.24) is 30.0 Å². The van der Waals surface area contributed by atoms with Crippen LogP contribution in [0.1, 0.15) is 49.7 Å². The van der Waals surface area contributed by atoms with Crippen molar-refractivity contribution in [1.29, 1.82) is 0 Å². The van der Waals surface area contributed by atoms with Gasteiger partial charge in [0.15, 0.2) is 0 Å². The third-order valence-electron chi connectivity index (χ3n) is 7.77. The lowest BCUT2D eigenvalue weighted by molar-refractivity contribution is -0.130. The molecule has 4 rings (SSSR count). The third kappa shape index (κ3) is 6.72. The van der Waals surface area contributed by atoms with Crippen molar-refractivity contribution in [3.05, 3.63) is 83.6 Å². The maximum Gasteiger partial charge on any atom is 0.410 e. The zero-order valence-corrected chi connectivity index (χ0v) is 25.7. The summed E-state index contributed by atoms with van der Waals surface area (Å²) in [6, 6.07) is 4.87. The number of piperazine rings is 1. The van der Waals surface area contributed by atoms with Crippen molar-refractivity contribution in [2.75, 3.05) is 33.3 Å². The molecule has 10 nitrogen and oxygen atoms in total. The van der Waals surface area contributed by atoms with E-state index in [1.807, 2.05) is 49.7 Å². The Morgan fingerprint density at radius 1 is 1.19 bits per heavy atom. The van der Waals surface area contributed by atoms with E-state index in [4.69, 9.17) is 21.1 Å². The van der Waals surface area contributed by atoms with E-state index < -0.39 is 12.1 Å². The summed E-state index contributed by atoms with van der Waals surface area (Å²) in [7, 11) is 3.39. The molecule has 2 heterocycles. The van der Waals surface area contributed by atoms with Gasteiger partial charge >= 0.3 is 6.09 Å². The molecule has 1 aromatic heterocycles. The molecule has 2 aromatic rings. The molecule has 0 bridgehead atoms. The highest BCUT2D eigenvalue weighted by Crippen LogP contribution is 2.43. The SMILES string of the molecule is C=CNC1C(=C)C=C(C(NC(=O)C(C)OC)c2cncn2C)c2cc(Cl)ccc2C1N1CCN(C(=O)OC(C)C)CC1. The van der Waals surface area contributed by atoms with Gasteiger partial charge in [-0.15, -0.1) is 0 Å². The molecule has 0 saturated carbocycles. The second-order valence-corrected chi connectivity index (χ2v) is 11.3. The summed E-state index contributed by atoms with van der Waals surface area (Å²) in [5.41, 5.74) is 4.34. The van der Waals surface area contributed by atoms with Gasteiger partial charge in [-0.2, -0.15) is 0 Å². The highest BCUT2D eigenvalue weighted by atomic mass is 35.5. The molecule has 1 saturated heterocycles. The molecule has 2 amide bonds. The van der Waals surface area contributed by atoms with E-state index in [1.165, 1.54) is 7.11 Å². The number of nitrogens with zero attached hydrogens (tertiary/aromatic N) is 4. The average molecular weight is 597 g/mol. The number of hydrogen-bond acceptors (Lipinski definition) is 7. The van der Waals surface area contributed by atoms with Crippen LogP contribution < -0.4 is 10.6 Å². The Labute approximate surface area is 253 Å². The molecule has 1 aromatic carbocycles. The van der Waals surface area contributed by atoms with Gasteiger partial charge < -0.3 is 29.6 Å². The molecule has 2 N–H and O–H groups in total. The summed E-state index contributed by atoms with van der Waals surface area (Å²) < 4.78 is 12.6. The van der Waals surface area contributed by atoms with Gasteiger partial charge in [-0.25, -0.2) is 9.78 Å². The Morgan fingerprint density at radius 3 is 2.50 bits per heavy atom. The van der Waals surface area contributed by atoms with Crippen LogP contribution in [0.2, 0.25) is 5.02 Å². The molecule has 4 unspecified atom stereocenters. The number of amides is 2. The van der Waals surface area contributed by atoms with Gasteiger partial charge in [0.25, 0.3) is 0 Å². The number of fused-ring (bicyclic) bond motifs is 1. The number of carbonyl (C=O) groups excluding carboxylic acids is 2. The number of nitrogens with one attached hydrogen (secondary N) is 2. The van der Waals surface area contributed by atoms with Gasteiger partial charge in [0.2, 0.25) is 5.91 Å². The highest BCUT2D eigenvalue weighted by molar-refractivity contribution is 6.30. The maximum absolute atomic E-state index is 13.2. The van der Waals surface area contributed by atoms with Crippen molar-refractivity contribution < 1.29 is 19.1 Å². The first kappa shape index (κ1) is 31.3. The van der Waals surface area contributed by atoms with Crippen LogP contribution in [0.5, 0.6) is 0 Å². The van der Waals surface area contributed by atoms with Gasteiger partial charge in [0, 0.05) is 45.4 Å². The first-order valence-electron chi connectivity index (χ1n) is 14.1. The van der Waals surface area contributed by atoms with Crippen LogP contribution in [0.25, 0.3) is 5.57 Å². The van der Waals surface area contributed by atoms with E-state index in [0.29, 0.717) is 31.2 Å². The Hall–Kier alpha value is -3.60. The van der Waals surface area contributed by atoms with Gasteiger partial charge in [-0.3, -0.25) is 9.69 Å². The number of benzene rings is 1. The third-order valence-corrected chi connectivity index (χ3v) is 8.01. The summed E-state index contributed by atoms with van der Waals surface area (Å²) in [6.45, 7) is 16.1. The lowest BCUT2D eigenvalue weighted by Crippen LogP contribution is -2.53. The second-order valence-electron chi connectivity index (χ2n) is 10.9. The van der Waals surface area contributed by atoms with Crippen LogP contribution in [-0.2, 0) is 21.3 Å². The second kappa shape index (κ2) is 13.6. The first-order valence-corrected chi connectivity index (χ1v) is 14.5. The molecule has 42 heavy (non-hydrogen) atoms. The van der Waals surface area contributed by atoms with E-state index in [0.717, 1.165) is 28.0 Å². The molecule has 1 fully saturated rings. The Balaban J connectivity index is 1.79. The minimum absolute atomic E-state index is 0.166. The fourth-order valence-corrected chi connectivity index (χ4v) is 5.71. The fraction of sp³-hybridized carbons (Fsp3) is 0.452. The predicted octanol–water partition coefficient (Wildman–Crippen LogP) is 4.22. The normalized spacial score (nSPS) is 20.7. The Kier molecular flexibility index (Phi) is 10.1. The molecule has 0 spiro atoms. The number of rotatable bonds is 9. The monoisotopic (exact) mass is 596 g/mol. The number of halogens is 1. The summed E-state index contributed by atoms with van der Waals surface area (Å²) in [5, 5.41) is 7.17. The van der Waals surface area contributed by atoms with Crippen LogP contribution in [0.4, 0.5) is 4.79 Å². The molecule has 226 valence electrons. The lowest BCUT2D eigenvalue weighted by Gasteiger charge is -2.42. The van der Waals surface area contributed by atoms with E-state index in [-0.39, 0.29) is 30.2 Å². The minimum Gasteiger partial charge on any atom is -0.447 e. The number of hydrogen-bond donors (Lipinski definition) is 2. The van der Waals surface area contributed by atoms with Crippen LogP contribution in [-0.4, -0.2) is 82.9 Å². The molecular formula is C31H41ClN6O4. The van der Waals surface area contributed by atoms with Crippen molar-refractivity contribution in [3.63, 3.8) is 0 Å². The van der Waals surface area contributed by atoms with Gasteiger partial charge in [0.1, 0.15) is 6.10 Å². The predicted molar refractivity (Wildman–Crippen MR) is 164 cm³/mol. The highest BCUT2D eigenvalue weighted by Gasteiger charge is 2.39. The van der Waals surface area contributed by atoms with Crippen molar-refractivity contribution in [3.8, 4) is 0 Å². The summed E-state index contributed by atoms with van der Waals surface area (Å²) in [6.07, 6.45) is 6.00. The standard InChI is InChI=1S/C31H41ClN6O4/c1-8-34-27-20(4)15-25(28(26-17-33-18-36(26)6)35-30(39)21(5)41-7)24-16-22(32)9-10-23(24)29(27)37-11-13-38(14-12-37)31(40)42-19(2)3/h8-10,15-19,21,27-29,34H,1,4,11-14H2,2-3,5-7H3,(H,35,39). The molecular weight excluding hydrogens is 556 g/mol. The lowest BCUT2D eigenvalue weighted by atomic mass is 9.89. The van der Waals surface area contributed by atoms with Crippen LogP contribution >= 0.6 is 11.6 Å². The number of ether oxygens (including phenoxy) is 2. The molecule has 2 aliphatic rings. The average Bonchev–Trinajstić information content (AvgIpc) is 3.35. The van der Waals surface area contributed by atoms with E-state index >= 15 is 0 Å². The van der Waals surface area contributed by atoms with Crippen molar-refractivity contribution >= 4 is 29.2 Å². The van der Waals surface area contributed by atoms with Crippen molar-refractivity contribution in [2.24, 2.45) is 7.05 Å². The zero-order chi connectivity index (χ0) is 30.6. The fourth-order valence-electron chi connectivity index (χ4n) is 5.54. The largest absolute Gasteiger partial charge is 0.447 e. The molecule has 4 atom stereocenters. The van der Waals surface area contributed by atoms with Gasteiger partial charge in [-0.05, 0) is 61.4 Å². The minimum atomic E-state index is -0.657. The topological polar surface area (TPSA) is 101 Å². The quantitative estimate of drug-likeness (QED) is 0.447.